The van der Waals surface area contributed by atoms with Crippen LogP contribution < -0.4 is 10.9 Å². The predicted molar refractivity (Wildman–Crippen MR) is 51.6 cm³/mol. The number of nitrogen functional groups attached to an aromatic ring is 1. The van der Waals surface area contributed by atoms with Crippen molar-refractivity contribution >= 4 is 21.4 Å². The lowest BCUT2D eigenvalue weighted by molar-refractivity contribution is -0.387. The van der Waals surface area contributed by atoms with Crippen LogP contribution in [0.5, 0.6) is 0 Å². The van der Waals surface area contributed by atoms with Gasteiger partial charge in [0, 0.05) is 6.20 Å². The largest absolute Gasteiger partial charge is 0.393 e. The van der Waals surface area contributed by atoms with Gasteiger partial charge < -0.3 is 5.73 Å². The minimum Gasteiger partial charge on any atom is -0.393 e. The standard InChI is InChI=1S/C6H6F2N4O4S/c7-5(8)2-1-11-6(17(10,15)16)4(3(2)9)12(13)14/h1,5H,(H2,9,11)(H2,10,15,16). The van der Waals surface area contributed by atoms with Crippen LogP contribution in [0.25, 0.3) is 0 Å². The Morgan fingerprint density at radius 3 is 2.35 bits per heavy atom. The number of hydrogen-bond donors (Lipinski definition) is 2. The molecule has 1 rings (SSSR count). The van der Waals surface area contributed by atoms with E-state index in [1.807, 2.05) is 0 Å². The van der Waals surface area contributed by atoms with Gasteiger partial charge in [-0.3, -0.25) is 10.1 Å². The Balaban J connectivity index is 3.69. The van der Waals surface area contributed by atoms with Crippen LogP contribution in [-0.2, 0) is 10.0 Å². The molecule has 8 nitrogen and oxygen atoms in total. The highest BCUT2D eigenvalue weighted by atomic mass is 32.2. The highest BCUT2D eigenvalue weighted by molar-refractivity contribution is 7.89. The van der Waals surface area contributed by atoms with Crippen LogP contribution in [0.1, 0.15) is 12.0 Å². The molecule has 94 valence electrons. The Labute approximate surface area is 93.4 Å². The van der Waals surface area contributed by atoms with E-state index in [0.29, 0.717) is 6.20 Å². The van der Waals surface area contributed by atoms with Gasteiger partial charge in [0.1, 0.15) is 5.69 Å². The third kappa shape index (κ3) is 2.45. The SMILES string of the molecule is Nc1c(C(F)F)cnc(S(N)(=O)=O)c1[N+](=O)[O-]. The van der Waals surface area contributed by atoms with Crippen molar-refractivity contribution < 1.29 is 22.1 Å². The van der Waals surface area contributed by atoms with Gasteiger partial charge in [0.15, 0.2) is 0 Å². The van der Waals surface area contributed by atoms with Crippen LogP contribution in [-0.4, -0.2) is 18.3 Å². The Kier molecular flexibility index (Phi) is 3.24. The van der Waals surface area contributed by atoms with E-state index in [4.69, 9.17) is 5.73 Å². The maximum Gasteiger partial charge on any atom is 0.331 e. The van der Waals surface area contributed by atoms with Crippen LogP contribution in [0.15, 0.2) is 11.2 Å². The number of nitrogens with zero attached hydrogens (tertiary/aromatic N) is 2. The van der Waals surface area contributed by atoms with E-state index >= 15 is 0 Å². The van der Waals surface area contributed by atoms with Gasteiger partial charge in [0.2, 0.25) is 0 Å². The van der Waals surface area contributed by atoms with Crippen LogP contribution >= 0.6 is 0 Å². The summed E-state index contributed by atoms with van der Waals surface area (Å²) in [5.41, 5.74) is 1.96. The molecule has 0 bridgehead atoms. The number of halogens is 2. The molecule has 1 aromatic heterocycles. The summed E-state index contributed by atoms with van der Waals surface area (Å²) in [4.78, 5) is 12.4. The average molecular weight is 268 g/mol. The van der Waals surface area contributed by atoms with E-state index in [-0.39, 0.29) is 0 Å². The molecule has 0 amide bonds. The van der Waals surface area contributed by atoms with Crippen molar-refractivity contribution in [3.63, 3.8) is 0 Å². The normalized spacial score (nSPS) is 11.8. The number of pyridine rings is 1. The minimum absolute atomic E-state index is 0.437. The number of hydrogen-bond acceptors (Lipinski definition) is 6. The van der Waals surface area contributed by atoms with Crippen LogP contribution in [0.3, 0.4) is 0 Å². The molecular formula is C6H6F2N4O4S. The fourth-order valence-corrected chi connectivity index (χ4v) is 1.72. The Morgan fingerprint density at radius 1 is 1.47 bits per heavy atom. The quantitative estimate of drug-likeness (QED) is 0.590. The fraction of sp³-hybridized carbons (Fsp3) is 0.167. The number of aromatic nitrogens is 1. The summed E-state index contributed by atoms with van der Waals surface area (Å²) < 4.78 is 46.7. The number of nitrogens with two attached hydrogens (primary N) is 2. The van der Waals surface area contributed by atoms with E-state index in [0.717, 1.165) is 0 Å². The molecule has 17 heavy (non-hydrogen) atoms. The van der Waals surface area contributed by atoms with E-state index in [1.54, 1.807) is 0 Å². The summed E-state index contributed by atoms with van der Waals surface area (Å²) in [6.45, 7) is 0. The lowest BCUT2D eigenvalue weighted by Crippen LogP contribution is -2.18. The van der Waals surface area contributed by atoms with E-state index in [1.165, 1.54) is 0 Å². The van der Waals surface area contributed by atoms with Crippen molar-refractivity contribution in [1.82, 2.24) is 4.98 Å². The highest BCUT2D eigenvalue weighted by Crippen LogP contribution is 2.34. The van der Waals surface area contributed by atoms with Crippen LogP contribution in [0.4, 0.5) is 20.2 Å². The zero-order chi connectivity index (χ0) is 13.4. The predicted octanol–water partition coefficient (Wildman–Crippen LogP) is 0.157. The summed E-state index contributed by atoms with van der Waals surface area (Å²) in [6.07, 6.45) is -2.68. The zero-order valence-corrected chi connectivity index (χ0v) is 8.82. The molecule has 1 aromatic rings. The molecule has 0 aliphatic carbocycles. The van der Waals surface area contributed by atoms with Gasteiger partial charge in [0.05, 0.1) is 10.5 Å². The van der Waals surface area contributed by atoms with Crippen LogP contribution in [0, 0.1) is 10.1 Å². The first kappa shape index (κ1) is 13.2. The Bertz CT molecular complexity index is 574. The second-order valence-corrected chi connectivity index (χ2v) is 4.36. The lowest BCUT2D eigenvalue weighted by atomic mass is 10.2. The van der Waals surface area contributed by atoms with Gasteiger partial charge >= 0.3 is 5.69 Å². The van der Waals surface area contributed by atoms with Crippen molar-refractivity contribution in [2.45, 2.75) is 11.5 Å². The molecule has 0 unspecified atom stereocenters. The van der Waals surface area contributed by atoms with Gasteiger partial charge in [0.25, 0.3) is 21.5 Å². The Morgan fingerprint density at radius 2 is 2.00 bits per heavy atom. The molecule has 0 saturated heterocycles. The first-order valence-electron chi connectivity index (χ1n) is 3.90. The molecule has 0 atom stereocenters. The molecule has 0 aliphatic heterocycles. The molecule has 0 radical (unpaired) electrons. The summed E-state index contributed by atoms with van der Waals surface area (Å²) in [7, 11) is -4.52. The Hall–Kier alpha value is -1.88. The smallest absolute Gasteiger partial charge is 0.331 e. The summed E-state index contributed by atoms with van der Waals surface area (Å²) >= 11 is 0. The summed E-state index contributed by atoms with van der Waals surface area (Å²) in [6, 6.07) is 0. The van der Waals surface area contributed by atoms with Gasteiger partial charge in [-0.05, 0) is 0 Å². The maximum atomic E-state index is 12.4. The average Bonchev–Trinajstić information content (AvgIpc) is 2.14. The fourth-order valence-electron chi connectivity index (χ4n) is 1.07. The third-order valence-corrected chi connectivity index (χ3v) is 2.61. The number of anilines is 1. The van der Waals surface area contributed by atoms with Gasteiger partial charge in [-0.2, -0.15) is 0 Å². The van der Waals surface area contributed by atoms with Gasteiger partial charge in [-0.1, -0.05) is 0 Å². The van der Waals surface area contributed by atoms with E-state index in [9.17, 15) is 27.3 Å². The number of alkyl halides is 2. The minimum atomic E-state index is -4.52. The van der Waals surface area contributed by atoms with Gasteiger partial charge in [-0.25, -0.2) is 27.3 Å². The molecule has 0 aliphatic rings. The topological polar surface area (TPSA) is 142 Å². The van der Waals surface area contributed by atoms with Gasteiger partial charge in [-0.15, -0.1) is 0 Å². The molecule has 4 N–H and O–H groups in total. The number of nitro groups is 1. The molecule has 0 aromatic carbocycles. The second kappa shape index (κ2) is 4.18. The van der Waals surface area contributed by atoms with Crippen molar-refractivity contribution in [1.29, 1.82) is 0 Å². The molecule has 11 heteroatoms. The summed E-state index contributed by atoms with van der Waals surface area (Å²) in [5.74, 6) is 0. The first-order valence-corrected chi connectivity index (χ1v) is 5.44. The maximum absolute atomic E-state index is 12.4. The summed E-state index contributed by atoms with van der Waals surface area (Å²) in [5, 5.41) is 14.1. The number of sulfonamides is 1. The van der Waals surface area contributed by atoms with E-state index in [2.05, 4.69) is 10.1 Å². The van der Waals surface area contributed by atoms with Crippen LogP contribution in [0.2, 0.25) is 0 Å². The van der Waals surface area contributed by atoms with Crippen molar-refractivity contribution in [2.24, 2.45) is 5.14 Å². The zero-order valence-electron chi connectivity index (χ0n) is 8.00. The third-order valence-electron chi connectivity index (χ3n) is 1.78. The number of primary sulfonamides is 1. The molecule has 0 saturated carbocycles. The molecule has 0 spiro atoms. The second-order valence-electron chi connectivity index (χ2n) is 2.88. The van der Waals surface area contributed by atoms with Crippen molar-refractivity contribution in [3.8, 4) is 0 Å². The molecular weight excluding hydrogens is 262 g/mol. The lowest BCUT2D eigenvalue weighted by Gasteiger charge is -2.06. The van der Waals surface area contributed by atoms with Crippen molar-refractivity contribution in [3.05, 3.63) is 21.9 Å². The molecule has 1 heterocycles. The number of rotatable bonds is 3. The first-order chi connectivity index (χ1) is 7.66. The van der Waals surface area contributed by atoms with Crippen molar-refractivity contribution in [2.75, 3.05) is 5.73 Å². The monoisotopic (exact) mass is 268 g/mol. The molecule has 0 fully saturated rings. The van der Waals surface area contributed by atoms with E-state index < -0.39 is 43.3 Å². The highest BCUT2D eigenvalue weighted by Gasteiger charge is 2.31.